The van der Waals surface area contributed by atoms with Crippen molar-refractivity contribution in [2.75, 3.05) is 13.2 Å². The maximum atomic E-state index is 14.7. The topological polar surface area (TPSA) is 74.6 Å². The summed E-state index contributed by atoms with van der Waals surface area (Å²) < 4.78 is 47.6. The summed E-state index contributed by atoms with van der Waals surface area (Å²) in [6.07, 6.45) is 3.10. The number of halogens is 2. The predicted octanol–water partition coefficient (Wildman–Crippen LogP) is 3.48. The maximum Gasteiger partial charge on any atom is 0.297 e. The van der Waals surface area contributed by atoms with E-state index in [0.29, 0.717) is 6.61 Å². The Morgan fingerprint density at radius 1 is 1.30 bits per heavy atom. The number of ether oxygens (including phenoxy) is 3. The number of hydrogen-bond donors (Lipinski definition) is 1. The van der Waals surface area contributed by atoms with Gasteiger partial charge in [-0.2, -0.15) is 4.98 Å². The molecule has 2 aromatic rings. The standard InChI is InChI=1S/C21H29F2N3O4/c1-5-28-17-10-16(22)19-20(18(17)23)26(4)21(25-19)30-15-8-6-14(7-9-15)29-11-12(2)24-13(3)27/h10,12,14-15H,5-9,11H2,1-4H3,(H,24,27)/t12-,14-,15-/m0/s1. The van der Waals surface area contributed by atoms with E-state index in [-0.39, 0.29) is 53.6 Å². The molecule has 0 aliphatic heterocycles. The van der Waals surface area contributed by atoms with E-state index in [1.54, 1.807) is 14.0 Å². The van der Waals surface area contributed by atoms with Crippen LogP contribution in [0, 0.1) is 11.6 Å². The van der Waals surface area contributed by atoms with Crippen LogP contribution in [0.25, 0.3) is 11.0 Å². The number of carbonyl (C=O) groups excluding carboxylic acids is 1. The second-order valence-electron chi connectivity index (χ2n) is 7.71. The van der Waals surface area contributed by atoms with Crippen molar-refractivity contribution in [3.63, 3.8) is 0 Å². The molecule has 1 aliphatic rings. The predicted molar refractivity (Wildman–Crippen MR) is 108 cm³/mol. The van der Waals surface area contributed by atoms with Gasteiger partial charge in [-0.3, -0.25) is 9.36 Å². The zero-order chi connectivity index (χ0) is 21.8. The van der Waals surface area contributed by atoms with Crippen molar-refractivity contribution in [2.45, 2.75) is 64.7 Å². The Hall–Kier alpha value is -2.42. The van der Waals surface area contributed by atoms with Gasteiger partial charge in [0, 0.05) is 26.1 Å². The van der Waals surface area contributed by atoms with E-state index < -0.39 is 11.6 Å². The molecule has 1 N–H and O–H groups in total. The normalized spacial score (nSPS) is 20.2. The molecule has 1 fully saturated rings. The van der Waals surface area contributed by atoms with E-state index in [4.69, 9.17) is 14.2 Å². The van der Waals surface area contributed by atoms with Crippen molar-refractivity contribution >= 4 is 16.9 Å². The highest BCUT2D eigenvalue weighted by Gasteiger charge is 2.27. The van der Waals surface area contributed by atoms with Crippen LogP contribution in [0.5, 0.6) is 11.8 Å². The molecule has 1 heterocycles. The highest BCUT2D eigenvalue weighted by atomic mass is 19.1. The monoisotopic (exact) mass is 425 g/mol. The average molecular weight is 425 g/mol. The molecule has 0 unspecified atom stereocenters. The largest absolute Gasteiger partial charge is 0.491 e. The molecule has 30 heavy (non-hydrogen) atoms. The van der Waals surface area contributed by atoms with Gasteiger partial charge in [0.15, 0.2) is 17.4 Å². The summed E-state index contributed by atoms with van der Waals surface area (Å²) in [5.41, 5.74) is -0.0464. The maximum absolute atomic E-state index is 14.7. The van der Waals surface area contributed by atoms with Crippen LogP contribution in [-0.4, -0.2) is 46.9 Å². The Bertz CT molecular complexity index is 894. The van der Waals surface area contributed by atoms with Crippen molar-refractivity contribution in [3.8, 4) is 11.8 Å². The molecular weight excluding hydrogens is 396 g/mol. The van der Waals surface area contributed by atoms with E-state index in [0.717, 1.165) is 31.7 Å². The lowest BCUT2D eigenvalue weighted by atomic mass is 9.95. The van der Waals surface area contributed by atoms with Gasteiger partial charge in [-0.05, 0) is 39.5 Å². The quantitative estimate of drug-likeness (QED) is 0.701. The van der Waals surface area contributed by atoms with Gasteiger partial charge in [-0.25, -0.2) is 8.78 Å². The van der Waals surface area contributed by atoms with Gasteiger partial charge in [0.05, 0.1) is 19.3 Å². The van der Waals surface area contributed by atoms with Crippen molar-refractivity contribution in [1.29, 1.82) is 0 Å². The number of carbonyl (C=O) groups is 1. The smallest absolute Gasteiger partial charge is 0.297 e. The summed E-state index contributed by atoms with van der Waals surface area (Å²) in [6.45, 7) is 5.78. The number of imidazole rings is 1. The number of nitrogens with one attached hydrogen (secondary N) is 1. The average Bonchev–Trinajstić information content (AvgIpc) is 3.02. The lowest BCUT2D eigenvalue weighted by Crippen LogP contribution is -2.37. The van der Waals surface area contributed by atoms with Gasteiger partial charge in [0.2, 0.25) is 5.91 Å². The Morgan fingerprint density at radius 3 is 2.60 bits per heavy atom. The first-order valence-corrected chi connectivity index (χ1v) is 10.3. The summed E-state index contributed by atoms with van der Waals surface area (Å²) in [4.78, 5) is 15.2. The molecule has 1 aromatic heterocycles. The molecule has 1 atom stereocenters. The number of rotatable bonds is 8. The molecule has 9 heteroatoms. The summed E-state index contributed by atoms with van der Waals surface area (Å²) in [7, 11) is 1.60. The fourth-order valence-electron chi connectivity index (χ4n) is 3.76. The number of nitrogens with zero attached hydrogens (tertiary/aromatic N) is 2. The minimum atomic E-state index is -0.650. The van der Waals surface area contributed by atoms with Crippen LogP contribution in [0.1, 0.15) is 46.5 Å². The van der Waals surface area contributed by atoms with Crippen molar-refractivity contribution in [3.05, 3.63) is 17.7 Å². The molecule has 1 amide bonds. The third-order valence-corrected chi connectivity index (χ3v) is 5.19. The minimum Gasteiger partial charge on any atom is -0.491 e. The van der Waals surface area contributed by atoms with Gasteiger partial charge in [0.1, 0.15) is 17.1 Å². The van der Waals surface area contributed by atoms with Gasteiger partial charge in [-0.1, -0.05) is 0 Å². The van der Waals surface area contributed by atoms with Crippen molar-refractivity contribution < 1.29 is 27.8 Å². The highest BCUT2D eigenvalue weighted by molar-refractivity contribution is 5.80. The van der Waals surface area contributed by atoms with Crippen LogP contribution in [0.3, 0.4) is 0 Å². The molecular formula is C21H29F2N3O4. The third-order valence-electron chi connectivity index (χ3n) is 5.19. The van der Waals surface area contributed by atoms with E-state index in [1.165, 1.54) is 11.5 Å². The summed E-state index contributed by atoms with van der Waals surface area (Å²) in [6, 6.07) is 1.16. The molecule has 0 radical (unpaired) electrons. The second kappa shape index (κ2) is 9.59. The van der Waals surface area contributed by atoms with Crippen LogP contribution >= 0.6 is 0 Å². The molecule has 0 bridgehead atoms. The second-order valence-corrected chi connectivity index (χ2v) is 7.71. The Balaban J connectivity index is 1.61. The number of fused-ring (bicyclic) bond motifs is 1. The van der Waals surface area contributed by atoms with Gasteiger partial charge < -0.3 is 19.5 Å². The number of aromatic nitrogens is 2. The first-order chi connectivity index (χ1) is 14.3. The first kappa shape index (κ1) is 22.3. The lowest BCUT2D eigenvalue weighted by molar-refractivity contribution is -0.120. The number of amides is 1. The Kier molecular flexibility index (Phi) is 7.12. The van der Waals surface area contributed by atoms with E-state index in [1.807, 2.05) is 6.92 Å². The zero-order valence-corrected chi connectivity index (χ0v) is 17.8. The third kappa shape index (κ3) is 5.00. The Morgan fingerprint density at radius 2 is 1.97 bits per heavy atom. The number of aryl methyl sites for hydroxylation is 1. The fraction of sp³-hybridized carbons (Fsp3) is 0.619. The van der Waals surface area contributed by atoms with Crippen LogP contribution in [0.4, 0.5) is 8.78 Å². The SMILES string of the molecule is CCOc1cc(F)c2nc(O[C@H]3CC[C@H](OC[C@H](C)NC(C)=O)CC3)n(C)c2c1F. The zero-order valence-electron chi connectivity index (χ0n) is 17.8. The van der Waals surface area contributed by atoms with E-state index in [2.05, 4.69) is 10.3 Å². The molecule has 0 spiro atoms. The first-order valence-electron chi connectivity index (χ1n) is 10.3. The lowest BCUT2D eigenvalue weighted by Gasteiger charge is -2.29. The fourth-order valence-corrected chi connectivity index (χ4v) is 3.76. The van der Waals surface area contributed by atoms with Crippen molar-refractivity contribution in [1.82, 2.24) is 14.9 Å². The number of benzene rings is 1. The molecule has 1 aliphatic carbocycles. The van der Waals surface area contributed by atoms with Crippen molar-refractivity contribution in [2.24, 2.45) is 7.05 Å². The summed E-state index contributed by atoms with van der Waals surface area (Å²) >= 11 is 0. The van der Waals surface area contributed by atoms with Crippen LogP contribution in [0.2, 0.25) is 0 Å². The van der Waals surface area contributed by atoms with Gasteiger partial charge in [0.25, 0.3) is 6.01 Å². The van der Waals surface area contributed by atoms with E-state index in [9.17, 15) is 13.6 Å². The molecule has 7 nitrogen and oxygen atoms in total. The molecule has 3 rings (SSSR count). The molecule has 166 valence electrons. The molecule has 0 saturated heterocycles. The van der Waals surface area contributed by atoms with E-state index >= 15 is 0 Å². The van der Waals surface area contributed by atoms with Crippen LogP contribution in [0.15, 0.2) is 6.07 Å². The molecule has 1 aromatic carbocycles. The number of hydrogen-bond acceptors (Lipinski definition) is 5. The van der Waals surface area contributed by atoms with Crippen LogP contribution < -0.4 is 14.8 Å². The van der Waals surface area contributed by atoms with Gasteiger partial charge in [-0.15, -0.1) is 0 Å². The van der Waals surface area contributed by atoms with Gasteiger partial charge >= 0.3 is 0 Å². The Labute approximate surface area is 174 Å². The summed E-state index contributed by atoms with van der Waals surface area (Å²) in [5, 5.41) is 2.79. The molecule has 1 saturated carbocycles. The summed E-state index contributed by atoms with van der Waals surface area (Å²) in [5.74, 6) is -1.51. The minimum absolute atomic E-state index is 0.0254. The van der Waals surface area contributed by atoms with Crippen LogP contribution in [-0.2, 0) is 16.6 Å². The highest BCUT2D eigenvalue weighted by Crippen LogP contribution is 2.33.